The number of hydrogen-bond acceptors (Lipinski definition) is 3. The lowest BCUT2D eigenvalue weighted by Gasteiger charge is -2.29. The van der Waals surface area contributed by atoms with E-state index in [1.807, 2.05) is 4.90 Å². The van der Waals surface area contributed by atoms with Crippen molar-refractivity contribution < 1.29 is 9.84 Å². The van der Waals surface area contributed by atoms with Crippen molar-refractivity contribution in [3.8, 4) is 0 Å². The minimum Gasteiger partial charge on any atom is -0.381 e. The van der Waals surface area contributed by atoms with Crippen LogP contribution in [0.25, 0.3) is 0 Å². The van der Waals surface area contributed by atoms with Gasteiger partial charge < -0.3 is 9.84 Å². The monoisotopic (exact) mass is 145 g/mol. The highest BCUT2D eigenvalue weighted by Gasteiger charge is 2.16. The molecular formula is C7H15NO2. The Labute approximate surface area is 61.6 Å². The van der Waals surface area contributed by atoms with Crippen molar-refractivity contribution in [1.82, 2.24) is 4.90 Å². The molecule has 1 heterocycles. The maximum atomic E-state index is 8.74. The fourth-order valence-corrected chi connectivity index (χ4v) is 1.29. The SMILES string of the molecule is COC1CCN(CO)CC1. The number of methoxy groups -OCH3 is 1. The largest absolute Gasteiger partial charge is 0.381 e. The van der Waals surface area contributed by atoms with Crippen LogP contribution in [0.3, 0.4) is 0 Å². The van der Waals surface area contributed by atoms with Gasteiger partial charge in [0, 0.05) is 20.2 Å². The van der Waals surface area contributed by atoms with Crippen molar-refractivity contribution in [2.45, 2.75) is 18.9 Å². The Morgan fingerprint density at radius 1 is 1.50 bits per heavy atom. The van der Waals surface area contributed by atoms with E-state index in [1.165, 1.54) is 0 Å². The smallest absolute Gasteiger partial charge is 0.0956 e. The van der Waals surface area contributed by atoms with Crippen molar-refractivity contribution in [2.75, 3.05) is 26.9 Å². The summed E-state index contributed by atoms with van der Waals surface area (Å²) in [6, 6.07) is 0. The molecule has 0 amide bonds. The summed E-state index contributed by atoms with van der Waals surface area (Å²) < 4.78 is 5.18. The summed E-state index contributed by atoms with van der Waals surface area (Å²) in [6.07, 6.45) is 2.52. The molecule has 0 aromatic rings. The third kappa shape index (κ3) is 1.94. The van der Waals surface area contributed by atoms with Gasteiger partial charge in [0.15, 0.2) is 0 Å². The van der Waals surface area contributed by atoms with Crippen molar-refractivity contribution >= 4 is 0 Å². The zero-order valence-corrected chi connectivity index (χ0v) is 6.42. The molecule has 1 N–H and O–H groups in total. The Balaban J connectivity index is 2.17. The minimum atomic E-state index is 0.191. The molecule has 0 unspecified atom stereocenters. The average molecular weight is 145 g/mol. The molecule has 0 aliphatic carbocycles. The molecule has 0 bridgehead atoms. The second-order valence-corrected chi connectivity index (χ2v) is 2.69. The van der Waals surface area contributed by atoms with Crippen LogP contribution in [0.4, 0.5) is 0 Å². The predicted molar refractivity (Wildman–Crippen MR) is 38.7 cm³/mol. The van der Waals surface area contributed by atoms with Crippen LogP contribution in [-0.2, 0) is 4.74 Å². The van der Waals surface area contributed by atoms with E-state index in [2.05, 4.69) is 0 Å². The molecule has 1 aliphatic rings. The number of nitrogens with zero attached hydrogens (tertiary/aromatic N) is 1. The van der Waals surface area contributed by atoms with Gasteiger partial charge in [-0.2, -0.15) is 0 Å². The van der Waals surface area contributed by atoms with Crippen LogP contribution in [0.5, 0.6) is 0 Å². The summed E-state index contributed by atoms with van der Waals surface area (Å²) in [5, 5.41) is 8.74. The molecule has 0 atom stereocenters. The lowest BCUT2D eigenvalue weighted by molar-refractivity contribution is 0.0112. The minimum absolute atomic E-state index is 0.191. The molecule has 3 nitrogen and oxygen atoms in total. The van der Waals surface area contributed by atoms with E-state index >= 15 is 0 Å². The zero-order valence-electron chi connectivity index (χ0n) is 6.42. The Kier molecular flexibility index (Phi) is 3.12. The van der Waals surface area contributed by atoms with Crippen LogP contribution in [0.2, 0.25) is 0 Å². The molecule has 60 valence electrons. The molecule has 0 radical (unpaired) electrons. The zero-order chi connectivity index (χ0) is 7.40. The average Bonchev–Trinajstić information content (AvgIpc) is 2.05. The predicted octanol–water partition coefficient (Wildman–Crippen LogP) is 0.0470. The molecule has 0 saturated carbocycles. The van der Waals surface area contributed by atoms with E-state index < -0.39 is 0 Å². The number of ether oxygens (including phenoxy) is 1. The van der Waals surface area contributed by atoms with Gasteiger partial charge in [-0.3, -0.25) is 4.90 Å². The number of aliphatic hydroxyl groups excluding tert-OH is 1. The lowest BCUT2D eigenvalue weighted by atomic mass is 10.1. The highest BCUT2D eigenvalue weighted by Crippen LogP contribution is 2.11. The van der Waals surface area contributed by atoms with Gasteiger partial charge in [0.1, 0.15) is 0 Å². The number of likely N-dealkylation sites (tertiary alicyclic amines) is 1. The van der Waals surface area contributed by atoms with Gasteiger partial charge in [0.2, 0.25) is 0 Å². The van der Waals surface area contributed by atoms with Gasteiger partial charge in [0.25, 0.3) is 0 Å². The van der Waals surface area contributed by atoms with Crippen LogP contribution >= 0.6 is 0 Å². The van der Waals surface area contributed by atoms with Gasteiger partial charge in [-0.05, 0) is 12.8 Å². The second kappa shape index (κ2) is 3.91. The lowest BCUT2D eigenvalue weighted by Crippen LogP contribution is -2.36. The number of hydrogen-bond donors (Lipinski definition) is 1. The first-order valence-electron chi connectivity index (χ1n) is 3.73. The van der Waals surface area contributed by atoms with Crippen molar-refractivity contribution in [2.24, 2.45) is 0 Å². The Bertz CT molecular complexity index is 77.6. The first-order valence-corrected chi connectivity index (χ1v) is 3.73. The topological polar surface area (TPSA) is 32.7 Å². The van der Waals surface area contributed by atoms with Crippen LogP contribution in [0.15, 0.2) is 0 Å². The Hall–Kier alpha value is -0.120. The Morgan fingerprint density at radius 3 is 2.50 bits per heavy atom. The van der Waals surface area contributed by atoms with E-state index in [-0.39, 0.29) is 6.73 Å². The van der Waals surface area contributed by atoms with Crippen LogP contribution in [0, 0.1) is 0 Å². The molecule has 1 fully saturated rings. The molecule has 0 spiro atoms. The van der Waals surface area contributed by atoms with Crippen molar-refractivity contribution in [3.05, 3.63) is 0 Å². The molecule has 1 saturated heterocycles. The number of piperidine rings is 1. The molecular weight excluding hydrogens is 130 g/mol. The first-order chi connectivity index (χ1) is 4.86. The summed E-state index contributed by atoms with van der Waals surface area (Å²) in [7, 11) is 1.75. The first kappa shape index (κ1) is 7.98. The third-order valence-corrected chi connectivity index (χ3v) is 2.07. The van der Waals surface area contributed by atoms with Gasteiger partial charge >= 0.3 is 0 Å². The van der Waals surface area contributed by atoms with E-state index in [1.54, 1.807) is 7.11 Å². The van der Waals surface area contributed by atoms with E-state index in [4.69, 9.17) is 9.84 Å². The standard InChI is InChI=1S/C7H15NO2/c1-10-7-2-4-8(6-9)5-3-7/h7,9H,2-6H2,1H3. The van der Waals surface area contributed by atoms with Gasteiger partial charge in [0.05, 0.1) is 12.8 Å². The molecule has 0 aromatic heterocycles. The number of aliphatic hydroxyl groups is 1. The third-order valence-electron chi connectivity index (χ3n) is 2.07. The second-order valence-electron chi connectivity index (χ2n) is 2.69. The molecule has 1 rings (SSSR count). The fraction of sp³-hybridized carbons (Fsp3) is 1.00. The summed E-state index contributed by atoms with van der Waals surface area (Å²) >= 11 is 0. The quantitative estimate of drug-likeness (QED) is 0.596. The van der Waals surface area contributed by atoms with Crippen molar-refractivity contribution in [1.29, 1.82) is 0 Å². The van der Waals surface area contributed by atoms with Crippen LogP contribution < -0.4 is 0 Å². The van der Waals surface area contributed by atoms with Gasteiger partial charge in [-0.25, -0.2) is 0 Å². The Morgan fingerprint density at radius 2 is 2.10 bits per heavy atom. The van der Waals surface area contributed by atoms with Gasteiger partial charge in [-0.15, -0.1) is 0 Å². The fourth-order valence-electron chi connectivity index (χ4n) is 1.29. The summed E-state index contributed by atoms with van der Waals surface area (Å²) in [5.41, 5.74) is 0. The highest BCUT2D eigenvalue weighted by molar-refractivity contribution is 4.69. The molecule has 0 aromatic carbocycles. The summed E-state index contributed by atoms with van der Waals surface area (Å²) in [4.78, 5) is 2.02. The normalized spacial score (nSPS) is 23.4. The molecule has 1 aliphatic heterocycles. The summed E-state index contributed by atoms with van der Waals surface area (Å²) in [6.45, 7) is 2.13. The van der Waals surface area contributed by atoms with Crippen molar-refractivity contribution in [3.63, 3.8) is 0 Å². The van der Waals surface area contributed by atoms with E-state index in [9.17, 15) is 0 Å². The van der Waals surface area contributed by atoms with Crippen LogP contribution in [-0.4, -0.2) is 43.0 Å². The number of rotatable bonds is 2. The van der Waals surface area contributed by atoms with Crippen LogP contribution in [0.1, 0.15) is 12.8 Å². The highest BCUT2D eigenvalue weighted by atomic mass is 16.5. The van der Waals surface area contributed by atoms with E-state index in [0.717, 1.165) is 25.9 Å². The van der Waals surface area contributed by atoms with Gasteiger partial charge in [-0.1, -0.05) is 0 Å². The maximum absolute atomic E-state index is 8.74. The molecule has 10 heavy (non-hydrogen) atoms. The summed E-state index contributed by atoms with van der Waals surface area (Å²) in [5.74, 6) is 0. The maximum Gasteiger partial charge on any atom is 0.0956 e. The van der Waals surface area contributed by atoms with E-state index in [0.29, 0.717) is 6.10 Å². The molecule has 3 heteroatoms.